The van der Waals surface area contributed by atoms with Crippen molar-refractivity contribution in [2.24, 2.45) is 5.92 Å². The Morgan fingerprint density at radius 1 is 1.14 bits per heavy atom. The molecule has 0 spiro atoms. The van der Waals surface area contributed by atoms with E-state index in [1.165, 1.54) is 16.8 Å². The minimum atomic E-state index is 0.305. The summed E-state index contributed by atoms with van der Waals surface area (Å²) < 4.78 is 0. The van der Waals surface area contributed by atoms with Gasteiger partial charge in [-0.15, -0.1) is 0 Å². The van der Waals surface area contributed by atoms with E-state index in [4.69, 9.17) is 0 Å². The Hall–Kier alpha value is -1.55. The number of carbonyl (C=O) groups excluding carboxylic acids is 1. The number of aryl methyl sites for hydroxylation is 2. The summed E-state index contributed by atoms with van der Waals surface area (Å²) in [5.41, 5.74) is 4.08. The molecule has 2 aliphatic heterocycles. The van der Waals surface area contributed by atoms with E-state index in [1.54, 1.807) is 0 Å². The number of carbonyl (C=O) groups is 1. The van der Waals surface area contributed by atoms with Gasteiger partial charge in [0.15, 0.2) is 0 Å². The SMILES string of the molecule is Cc1ccc(C)c(N2CCN(CC3CC(=O)N(C)C3)CC2)c1. The topological polar surface area (TPSA) is 26.8 Å². The number of hydrogen-bond donors (Lipinski definition) is 0. The maximum Gasteiger partial charge on any atom is 0.222 e. The lowest BCUT2D eigenvalue weighted by atomic mass is 10.1. The van der Waals surface area contributed by atoms with E-state index in [9.17, 15) is 4.79 Å². The van der Waals surface area contributed by atoms with Crippen molar-refractivity contribution in [2.75, 3.05) is 51.2 Å². The third-order valence-corrected chi connectivity index (χ3v) is 5.02. The summed E-state index contributed by atoms with van der Waals surface area (Å²) in [6.07, 6.45) is 0.730. The Kier molecular flexibility index (Phi) is 4.39. The minimum Gasteiger partial charge on any atom is -0.369 e. The second-order valence-corrected chi connectivity index (χ2v) is 6.92. The fourth-order valence-corrected chi connectivity index (χ4v) is 3.68. The zero-order valence-electron chi connectivity index (χ0n) is 14.0. The molecular formula is C18H27N3O. The Morgan fingerprint density at radius 3 is 2.50 bits per heavy atom. The quantitative estimate of drug-likeness (QED) is 0.853. The van der Waals surface area contributed by atoms with E-state index in [-0.39, 0.29) is 0 Å². The molecule has 0 radical (unpaired) electrons. The molecule has 120 valence electrons. The van der Waals surface area contributed by atoms with E-state index in [1.807, 2.05) is 11.9 Å². The average Bonchev–Trinajstić information content (AvgIpc) is 2.81. The highest BCUT2D eigenvalue weighted by molar-refractivity contribution is 5.78. The van der Waals surface area contributed by atoms with Crippen molar-refractivity contribution in [3.05, 3.63) is 29.3 Å². The first-order valence-electron chi connectivity index (χ1n) is 8.31. The van der Waals surface area contributed by atoms with E-state index in [0.29, 0.717) is 11.8 Å². The molecule has 1 amide bonds. The van der Waals surface area contributed by atoms with E-state index < -0.39 is 0 Å². The van der Waals surface area contributed by atoms with Gasteiger partial charge in [-0.2, -0.15) is 0 Å². The van der Waals surface area contributed by atoms with Crippen molar-refractivity contribution in [1.29, 1.82) is 0 Å². The van der Waals surface area contributed by atoms with Crippen LogP contribution in [0.2, 0.25) is 0 Å². The first-order valence-corrected chi connectivity index (χ1v) is 8.31. The molecule has 3 rings (SSSR count). The van der Waals surface area contributed by atoms with Crippen LogP contribution < -0.4 is 4.90 Å². The van der Waals surface area contributed by atoms with Crippen molar-refractivity contribution in [1.82, 2.24) is 9.80 Å². The molecular weight excluding hydrogens is 274 g/mol. The van der Waals surface area contributed by atoms with Crippen molar-refractivity contribution < 1.29 is 4.79 Å². The van der Waals surface area contributed by atoms with Gasteiger partial charge >= 0.3 is 0 Å². The number of likely N-dealkylation sites (tertiary alicyclic amines) is 1. The van der Waals surface area contributed by atoms with Gasteiger partial charge in [0.2, 0.25) is 5.91 Å². The number of rotatable bonds is 3. The fraction of sp³-hybridized carbons (Fsp3) is 0.611. The fourth-order valence-electron chi connectivity index (χ4n) is 3.68. The zero-order chi connectivity index (χ0) is 15.7. The summed E-state index contributed by atoms with van der Waals surface area (Å²) >= 11 is 0. The van der Waals surface area contributed by atoms with Crippen molar-refractivity contribution in [3.63, 3.8) is 0 Å². The molecule has 1 aromatic rings. The molecule has 0 N–H and O–H groups in total. The van der Waals surface area contributed by atoms with Crippen LogP contribution in [0.15, 0.2) is 18.2 Å². The van der Waals surface area contributed by atoms with E-state index in [2.05, 4.69) is 41.8 Å². The summed E-state index contributed by atoms with van der Waals surface area (Å²) in [5.74, 6) is 0.823. The van der Waals surface area contributed by atoms with E-state index in [0.717, 1.165) is 45.7 Å². The highest BCUT2D eigenvalue weighted by Gasteiger charge is 2.29. The highest BCUT2D eigenvalue weighted by atomic mass is 16.2. The second kappa shape index (κ2) is 6.29. The average molecular weight is 301 g/mol. The maximum absolute atomic E-state index is 11.6. The lowest BCUT2D eigenvalue weighted by molar-refractivity contribution is -0.126. The first-order chi connectivity index (χ1) is 10.5. The predicted octanol–water partition coefficient (Wildman–Crippen LogP) is 1.90. The monoisotopic (exact) mass is 301 g/mol. The van der Waals surface area contributed by atoms with Crippen LogP contribution in [0.3, 0.4) is 0 Å². The molecule has 0 aliphatic carbocycles. The first kappa shape index (κ1) is 15.3. The molecule has 0 saturated carbocycles. The summed E-state index contributed by atoms with van der Waals surface area (Å²) in [6.45, 7) is 10.7. The van der Waals surface area contributed by atoms with Crippen molar-refractivity contribution in [2.45, 2.75) is 20.3 Å². The molecule has 2 heterocycles. The molecule has 2 aliphatic rings. The van der Waals surface area contributed by atoms with Crippen molar-refractivity contribution >= 4 is 11.6 Å². The van der Waals surface area contributed by atoms with Gasteiger partial charge in [0.05, 0.1) is 0 Å². The third kappa shape index (κ3) is 3.27. The van der Waals surface area contributed by atoms with E-state index >= 15 is 0 Å². The largest absolute Gasteiger partial charge is 0.369 e. The molecule has 2 fully saturated rings. The number of nitrogens with zero attached hydrogens (tertiary/aromatic N) is 3. The van der Waals surface area contributed by atoms with Gasteiger partial charge in [0.1, 0.15) is 0 Å². The summed E-state index contributed by atoms with van der Waals surface area (Å²) in [5, 5.41) is 0. The zero-order valence-corrected chi connectivity index (χ0v) is 14.0. The van der Waals surface area contributed by atoms with Crippen LogP contribution in [0, 0.1) is 19.8 Å². The van der Waals surface area contributed by atoms with Crippen LogP contribution in [0.5, 0.6) is 0 Å². The van der Waals surface area contributed by atoms with Gasteiger partial charge in [0.25, 0.3) is 0 Å². The number of anilines is 1. The molecule has 4 heteroatoms. The normalized spacial score (nSPS) is 23.4. The van der Waals surface area contributed by atoms with Crippen LogP contribution in [0.25, 0.3) is 0 Å². The van der Waals surface area contributed by atoms with Gasteiger partial charge in [-0.1, -0.05) is 12.1 Å². The van der Waals surface area contributed by atoms with Crippen LogP contribution in [0.1, 0.15) is 17.5 Å². The molecule has 0 bridgehead atoms. The molecule has 1 unspecified atom stereocenters. The summed E-state index contributed by atoms with van der Waals surface area (Å²) in [4.78, 5) is 18.5. The molecule has 0 aromatic heterocycles. The number of benzene rings is 1. The predicted molar refractivity (Wildman–Crippen MR) is 90.3 cm³/mol. The minimum absolute atomic E-state index is 0.305. The van der Waals surface area contributed by atoms with Crippen molar-refractivity contribution in [3.8, 4) is 0 Å². The smallest absolute Gasteiger partial charge is 0.222 e. The van der Waals surface area contributed by atoms with Gasteiger partial charge in [-0.05, 0) is 37.0 Å². The number of amides is 1. The van der Waals surface area contributed by atoms with Gasteiger partial charge in [-0.3, -0.25) is 9.69 Å². The molecule has 2 saturated heterocycles. The molecule has 1 atom stereocenters. The molecule has 4 nitrogen and oxygen atoms in total. The van der Waals surface area contributed by atoms with Crippen LogP contribution in [-0.2, 0) is 4.79 Å². The van der Waals surface area contributed by atoms with Crippen LogP contribution in [-0.4, -0.2) is 62.0 Å². The Balaban J connectivity index is 1.54. The second-order valence-electron chi connectivity index (χ2n) is 6.92. The number of piperazine rings is 1. The Bertz CT molecular complexity index is 549. The summed E-state index contributed by atoms with van der Waals surface area (Å²) in [6, 6.07) is 6.70. The Morgan fingerprint density at radius 2 is 1.86 bits per heavy atom. The lowest BCUT2D eigenvalue weighted by Crippen LogP contribution is -2.48. The van der Waals surface area contributed by atoms with Gasteiger partial charge < -0.3 is 9.80 Å². The Labute approximate surface area is 133 Å². The molecule has 22 heavy (non-hydrogen) atoms. The van der Waals surface area contributed by atoms with Crippen LogP contribution >= 0.6 is 0 Å². The summed E-state index contributed by atoms with van der Waals surface area (Å²) in [7, 11) is 1.92. The van der Waals surface area contributed by atoms with Gasteiger partial charge in [0, 0.05) is 58.4 Å². The lowest BCUT2D eigenvalue weighted by Gasteiger charge is -2.37. The third-order valence-electron chi connectivity index (χ3n) is 5.02. The van der Waals surface area contributed by atoms with Gasteiger partial charge in [-0.25, -0.2) is 0 Å². The maximum atomic E-state index is 11.6. The number of hydrogen-bond acceptors (Lipinski definition) is 3. The molecule has 1 aromatic carbocycles. The van der Waals surface area contributed by atoms with Crippen LogP contribution in [0.4, 0.5) is 5.69 Å². The standard InChI is InChI=1S/C18H27N3O/c1-14-4-5-15(2)17(10-14)21-8-6-20(7-9-21)13-16-11-18(22)19(3)12-16/h4-5,10,16H,6-9,11-13H2,1-3H3. The highest BCUT2D eigenvalue weighted by Crippen LogP contribution is 2.24.